The molecule has 0 radical (unpaired) electrons. The molecule has 0 saturated carbocycles. The fraction of sp³-hybridized carbons (Fsp3) is 0.304. The summed E-state index contributed by atoms with van der Waals surface area (Å²) in [6.07, 6.45) is 0.223. The SMILES string of the molecule is COc1ccccc1C1C(C(=O)CC(C)C)=C(O)C(=O)N1c1ccc(C)c(Cl)c1. The van der Waals surface area contributed by atoms with Crippen LogP contribution >= 0.6 is 11.6 Å². The number of aliphatic hydroxyl groups is 1. The number of ketones is 1. The number of carbonyl (C=O) groups is 2. The van der Waals surface area contributed by atoms with Crippen LogP contribution in [0.2, 0.25) is 5.02 Å². The largest absolute Gasteiger partial charge is 0.503 e. The summed E-state index contributed by atoms with van der Waals surface area (Å²) in [7, 11) is 1.53. The molecule has 6 heteroatoms. The molecule has 0 bridgehead atoms. The molecule has 1 atom stereocenters. The molecular weight excluding hydrogens is 390 g/mol. The van der Waals surface area contributed by atoms with Gasteiger partial charge in [0.05, 0.1) is 18.7 Å². The van der Waals surface area contributed by atoms with Crippen molar-refractivity contribution < 1.29 is 19.4 Å². The number of Topliss-reactive ketones (excluding diaryl/α,β-unsaturated/α-hetero) is 1. The summed E-state index contributed by atoms with van der Waals surface area (Å²) < 4.78 is 5.48. The van der Waals surface area contributed by atoms with Gasteiger partial charge < -0.3 is 9.84 Å². The van der Waals surface area contributed by atoms with Crippen molar-refractivity contribution in [1.29, 1.82) is 0 Å². The molecule has 0 fully saturated rings. The highest BCUT2D eigenvalue weighted by Crippen LogP contribution is 2.44. The van der Waals surface area contributed by atoms with Gasteiger partial charge in [0.25, 0.3) is 5.91 Å². The number of amides is 1. The molecule has 29 heavy (non-hydrogen) atoms. The second-order valence-electron chi connectivity index (χ2n) is 7.54. The van der Waals surface area contributed by atoms with Crippen LogP contribution < -0.4 is 9.64 Å². The topological polar surface area (TPSA) is 66.8 Å². The number of ether oxygens (including phenoxy) is 1. The number of anilines is 1. The average molecular weight is 414 g/mol. The monoisotopic (exact) mass is 413 g/mol. The normalized spacial score (nSPS) is 16.7. The number of nitrogens with zero attached hydrogens (tertiary/aromatic N) is 1. The number of methoxy groups -OCH3 is 1. The molecule has 2 aromatic rings. The Morgan fingerprint density at radius 1 is 1.24 bits per heavy atom. The summed E-state index contributed by atoms with van der Waals surface area (Å²) in [5, 5.41) is 11.2. The third-order valence-electron chi connectivity index (χ3n) is 4.97. The van der Waals surface area contributed by atoms with Crippen molar-refractivity contribution >= 4 is 29.0 Å². The van der Waals surface area contributed by atoms with E-state index in [2.05, 4.69) is 0 Å². The third kappa shape index (κ3) is 3.87. The van der Waals surface area contributed by atoms with E-state index < -0.39 is 17.7 Å². The van der Waals surface area contributed by atoms with Crippen LogP contribution in [-0.4, -0.2) is 23.9 Å². The first kappa shape index (κ1) is 20.9. The van der Waals surface area contributed by atoms with Gasteiger partial charge in [-0.05, 0) is 36.6 Å². The Hall–Kier alpha value is -2.79. The van der Waals surface area contributed by atoms with Crippen LogP contribution in [0.15, 0.2) is 53.8 Å². The van der Waals surface area contributed by atoms with Crippen molar-refractivity contribution in [2.75, 3.05) is 12.0 Å². The first-order chi connectivity index (χ1) is 13.8. The molecule has 1 N–H and O–H groups in total. The molecule has 1 unspecified atom stereocenters. The van der Waals surface area contributed by atoms with Gasteiger partial charge in [0.1, 0.15) is 5.75 Å². The fourth-order valence-electron chi connectivity index (χ4n) is 3.56. The number of halogens is 1. The van der Waals surface area contributed by atoms with Crippen molar-refractivity contribution in [3.63, 3.8) is 0 Å². The predicted octanol–water partition coefficient (Wildman–Crippen LogP) is 5.17. The molecule has 3 rings (SSSR count). The van der Waals surface area contributed by atoms with E-state index in [1.807, 2.05) is 32.9 Å². The molecule has 152 valence electrons. The van der Waals surface area contributed by atoms with Gasteiger partial charge in [-0.25, -0.2) is 0 Å². The summed E-state index contributed by atoms with van der Waals surface area (Å²) in [6, 6.07) is 11.6. The quantitative estimate of drug-likeness (QED) is 0.709. The lowest BCUT2D eigenvalue weighted by molar-refractivity contribution is -0.118. The van der Waals surface area contributed by atoms with E-state index in [1.165, 1.54) is 12.0 Å². The van der Waals surface area contributed by atoms with Gasteiger partial charge in [0.2, 0.25) is 0 Å². The Balaban J connectivity index is 2.21. The average Bonchev–Trinajstić information content (AvgIpc) is 2.94. The number of benzene rings is 2. The molecule has 1 amide bonds. The highest BCUT2D eigenvalue weighted by molar-refractivity contribution is 6.31. The number of carbonyl (C=O) groups excluding carboxylic acids is 2. The molecule has 5 nitrogen and oxygen atoms in total. The van der Waals surface area contributed by atoms with Gasteiger partial charge in [0, 0.05) is 22.7 Å². The number of hydrogen-bond donors (Lipinski definition) is 1. The lowest BCUT2D eigenvalue weighted by Crippen LogP contribution is -2.31. The van der Waals surface area contributed by atoms with E-state index in [1.54, 1.807) is 30.3 Å². The van der Waals surface area contributed by atoms with E-state index in [9.17, 15) is 14.7 Å². The molecule has 0 aliphatic carbocycles. The Bertz CT molecular complexity index is 996. The van der Waals surface area contributed by atoms with E-state index in [0.29, 0.717) is 22.0 Å². The highest BCUT2D eigenvalue weighted by Gasteiger charge is 2.45. The lowest BCUT2D eigenvalue weighted by Gasteiger charge is -2.28. The van der Waals surface area contributed by atoms with E-state index in [4.69, 9.17) is 16.3 Å². The van der Waals surface area contributed by atoms with Crippen LogP contribution in [0.5, 0.6) is 5.75 Å². The molecular formula is C23H24ClNO4. The summed E-state index contributed by atoms with van der Waals surface area (Å²) in [5.74, 6) is -0.809. The number of rotatable bonds is 6. The summed E-state index contributed by atoms with van der Waals surface area (Å²) >= 11 is 6.29. The van der Waals surface area contributed by atoms with Crippen molar-refractivity contribution in [3.8, 4) is 5.75 Å². The van der Waals surface area contributed by atoms with Gasteiger partial charge in [-0.15, -0.1) is 0 Å². The number of para-hydroxylation sites is 1. The first-order valence-corrected chi connectivity index (χ1v) is 9.83. The van der Waals surface area contributed by atoms with Crippen molar-refractivity contribution in [1.82, 2.24) is 0 Å². The zero-order valence-corrected chi connectivity index (χ0v) is 17.7. The molecule has 0 spiro atoms. The van der Waals surface area contributed by atoms with Crippen molar-refractivity contribution in [2.24, 2.45) is 5.92 Å². The van der Waals surface area contributed by atoms with E-state index in [0.717, 1.165) is 5.56 Å². The molecule has 1 heterocycles. The van der Waals surface area contributed by atoms with Gasteiger partial charge in [-0.3, -0.25) is 14.5 Å². The minimum absolute atomic E-state index is 0.0825. The summed E-state index contributed by atoms with van der Waals surface area (Å²) in [5.41, 5.74) is 2.07. The van der Waals surface area contributed by atoms with Crippen LogP contribution in [0, 0.1) is 12.8 Å². The van der Waals surface area contributed by atoms with Gasteiger partial charge in [-0.2, -0.15) is 0 Å². The molecule has 0 aromatic heterocycles. The van der Waals surface area contributed by atoms with Crippen LogP contribution in [0.1, 0.15) is 37.4 Å². The number of aryl methyl sites for hydroxylation is 1. The Morgan fingerprint density at radius 2 is 1.93 bits per heavy atom. The molecule has 1 aliphatic rings. The highest BCUT2D eigenvalue weighted by atomic mass is 35.5. The Kier molecular flexibility index (Phi) is 5.99. The summed E-state index contributed by atoms with van der Waals surface area (Å²) in [4.78, 5) is 27.5. The maximum atomic E-state index is 13.1. The Labute approximate surface area is 175 Å². The maximum Gasteiger partial charge on any atom is 0.294 e. The second-order valence-corrected chi connectivity index (χ2v) is 7.94. The molecule has 0 saturated heterocycles. The second kappa shape index (κ2) is 8.29. The number of aliphatic hydroxyl groups excluding tert-OH is 1. The smallest absolute Gasteiger partial charge is 0.294 e. The zero-order chi connectivity index (χ0) is 21.3. The standard InChI is InChI=1S/C23H24ClNO4/c1-13(2)11-18(26)20-21(16-7-5-6-8-19(16)29-4)25(23(28)22(20)27)15-10-9-14(3)17(24)12-15/h5-10,12-13,21,27H,11H2,1-4H3. The van der Waals surface area contributed by atoms with Crippen LogP contribution in [-0.2, 0) is 9.59 Å². The third-order valence-corrected chi connectivity index (χ3v) is 5.38. The van der Waals surface area contributed by atoms with Crippen LogP contribution in [0.25, 0.3) is 0 Å². The fourth-order valence-corrected chi connectivity index (χ4v) is 3.73. The zero-order valence-electron chi connectivity index (χ0n) is 16.9. The minimum atomic E-state index is -0.802. The van der Waals surface area contributed by atoms with Gasteiger partial charge in [0.15, 0.2) is 11.5 Å². The first-order valence-electron chi connectivity index (χ1n) is 9.45. The number of hydrogen-bond acceptors (Lipinski definition) is 4. The van der Waals surface area contributed by atoms with Crippen molar-refractivity contribution in [3.05, 3.63) is 69.9 Å². The molecule has 1 aliphatic heterocycles. The van der Waals surface area contributed by atoms with E-state index >= 15 is 0 Å². The van der Waals surface area contributed by atoms with Crippen molar-refractivity contribution in [2.45, 2.75) is 33.2 Å². The lowest BCUT2D eigenvalue weighted by atomic mass is 9.91. The van der Waals surface area contributed by atoms with E-state index in [-0.39, 0.29) is 23.7 Å². The molecule has 2 aromatic carbocycles. The minimum Gasteiger partial charge on any atom is -0.503 e. The van der Waals surface area contributed by atoms with Gasteiger partial charge in [-0.1, -0.05) is 49.7 Å². The van der Waals surface area contributed by atoms with Crippen LogP contribution in [0.3, 0.4) is 0 Å². The Morgan fingerprint density at radius 3 is 2.55 bits per heavy atom. The predicted molar refractivity (Wildman–Crippen MR) is 114 cm³/mol. The maximum absolute atomic E-state index is 13.1. The van der Waals surface area contributed by atoms with Gasteiger partial charge >= 0.3 is 0 Å². The summed E-state index contributed by atoms with van der Waals surface area (Å²) in [6.45, 7) is 5.70. The van der Waals surface area contributed by atoms with Crippen LogP contribution in [0.4, 0.5) is 5.69 Å².